The minimum atomic E-state index is -4.90. The molecule has 0 radical (unpaired) electrons. The number of esters is 1. The molecule has 0 aliphatic heterocycles. The van der Waals surface area contributed by atoms with Crippen molar-refractivity contribution >= 4 is 5.97 Å². The van der Waals surface area contributed by atoms with Gasteiger partial charge in [0.15, 0.2) is 0 Å². The summed E-state index contributed by atoms with van der Waals surface area (Å²) in [6.45, 7) is 3.74. The van der Waals surface area contributed by atoms with Gasteiger partial charge in [-0.25, -0.2) is 4.79 Å². The van der Waals surface area contributed by atoms with Crippen molar-refractivity contribution in [1.82, 2.24) is 4.57 Å². The summed E-state index contributed by atoms with van der Waals surface area (Å²) in [7, 11) is 1.27. The predicted octanol–water partition coefficient (Wildman–Crippen LogP) is 6.65. The molecule has 0 amide bonds. The molecule has 0 unspecified atom stereocenters. The van der Waals surface area contributed by atoms with Crippen LogP contribution in [0.5, 0.6) is 11.5 Å². The molecule has 6 nitrogen and oxygen atoms in total. The van der Waals surface area contributed by atoms with Gasteiger partial charge < -0.3 is 14.0 Å². The Morgan fingerprint density at radius 2 is 1.69 bits per heavy atom. The lowest BCUT2D eigenvalue weighted by Crippen LogP contribution is -2.29. The van der Waals surface area contributed by atoms with Crippen molar-refractivity contribution in [3.05, 3.63) is 117 Å². The van der Waals surface area contributed by atoms with Crippen molar-refractivity contribution in [2.45, 2.75) is 26.6 Å². The molecule has 0 N–H and O–H groups in total. The maximum atomic E-state index is 13.8. The number of methoxy groups -OCH3 is 1. The molecule has 198 valence electrons. The number of carbonyl (C=O) groups excluding carboxylic acids is 1. The molecule has 0 aliphatic rings. The van der Waals surface area contributed by atoms with Crippen LogP contribution in [0.3, 0.4) is 0 Å². The number of pyridine rings is 1. The molecule has 0 fully saturated rings. The molecule has 1 heterocycles. The fraction of sp³-hybridized carbons (Fsp3) is 0.167. The van der Waals surface area contributed by atoms with Crippen LogP contribution in [0.2, 0.25) is 0 Å². The van der Waals surface area contributed by atoms with Crippen LogP contribution in [0.4, 0.5) is 13.2 Å². The van der Waals surface area contributed by atoms with E-state index < -0.39 is 28.8 Å². The number of nitrogens with zero attached hydrogens (tertiary/aromatic N) is 2. The molecule has 0 bridgehead atoms. The van der Waals surface area contributed by atoms with E-state index in [0.29, 0.717) is 22.6 Å². The fourth-order valence-corrected chi connectivity index (χ4v) is 4.20. The number of rotatable bonds is 6. The normalized spacial score (nSPS) is 11.1. The molecule has 1 aromatic heterocycles. The van der Waals surface area contributed by atoms with Crippen LogP contribution in [0.1, 0.15) is 38.2 Å². The number of hydrogen-bond donors (Lipinski definition) is 0. The summed E-state index contributed by atoms with van der Waals surface area (Å²) >= 11 is 0. The van der Waals surface area contributed by atoms with Gasteiger partial charge in [-0.15, -0.1) is 0 Å². The first-order valence-electron chi connectivity index (χ1n) is 11.8. The summed E-state index contributed by atoms with van der Waals surface area (Å²) < 4.78 is 53.2. The lowest BCUT2D eigenvalue weighted by molar-refractivity contribution is -0.137. The number of halogens is 3. The van der Waals surface area contributed by atoms with Crippen LogP contribution in [-0.4, -0.2) is 17.6 Å². The van der Waals surface area contributed by atoms with E-state index >= 15 is 0 Å². The molecular formula is C30H23F3N2O4. The Morgan fingerprint density at radius 3 is 2.31 bits per heavy atom. The zero-order valence-electron chi connectivity index (χ0n) is 21.3. The molecule has 0 saturated heterocycles. The van der Waals surface area contributed by atoms with Crippen LogP contribution in [-0.2, 0) is 17.5 Å². The minimum Gasteiger partial charge on any atom is -0.465 e. The van der Waals surface area contributed by atoms with Gasteiger partial charge in [0, 0.05) is 0 Å². The molecule has 0 atom stereocenters. The second-order valence-corrected chi connectivity index (χ2v) is 8.89. The highest BCUT2D eigenvalue weighted by molar-refractivity contribution is 5.89. The lowest BCUT2D eigenvalue weighted by Gasteiger charge is -2.19. The van der Waals surface area contributed by atoms with E-state index in [1.807, 2.05) is 32.0 Å². The zero-order chi connectivity index (χ0) is 28.3. The first kappa shape index (κ1) is 27.2. The molecule has 4 rings (SSSR count). The Bertz CT molecular complexity index is 1650. The zero-order valence-corrected chi connectivity index (χ0v) is 21.3. The average Bonchev–Trinajstić information content (AvgIpc) is 2.90. The molecule has 3 aromatic carbocycles. The smallest absolute Gasteiger partial charge is 0.417 e. The van der Waals surface area contributed by atoms with Gasteiger partial charge in [-0.1, -0.05) is 29.8 Å². The summed E-state index contributed by atoms with van der Waals surface area (Å²) in [5.74, 6) is 0.183. The van der Waals surface area contributed by atoms with Crippen molar-refractivity contribution in [2.75, 3.05) is 7.11 Å². The number of aryl methyl sites for hydroxylation is 2. The third kappa shape index (κ3) is 5.85. The van der Waals surface area contributed by atoms with Crippen molar-refractivity contribution < 1.29 is 27.4 Å². The SMILES string of the molecule is COC(=O)c1cccc(Oc2ccc(-c3cc(C(F)(F)F)c(C#N)c(=O)n3Cc3ccc(C)cc3C)cc2)c1. The van der Waals surface area contributed by atoms with Crippen LogP contribution >= 0.6 is 0 Å². The topological polar surface area (TPSA) is 81.3 Å². The van der Waals surface area contributed by atoms with Gasteiger partial charge in [0.2, 0.25) is 0 Å². The van der Waals surface area contributed by atoms with Gasteiger partial charge >= 0.3 is 12.1 Å². The van der Waals surface area contributed by atoms with Crippen LogP contribution in [0.15, 0.2) is 77.6 Å². The second kappa shape index (κ2) is 10.9. The molecule has 0 aliphatic carbocycles. The van der Waals surface area contributed by atoms with Gasteiger partial charge in [-0.2, -0.15) is 18.4 Å². The van der Waals surface area contributed by atoms with Gasteiger partial charge in [0.05, 0.1) is 30.5 Å². The number of hydrogen-bond acceptors (Lipinski definition) is 5. The van der Waals surface area contributed by atoms with Crippen LogP contribution in [0, 0.1) is 25.2 Å². The van der Waals surface area contributed by atoms with Gasteiger partial charge in [0.25, 0.3) is 5.56 Å². The van der Waals surface area contributed by atoms with Gasteiger partial charge in [-0.3, -0.25) is 4.79 Å². The van der Waals surface area contributed by atoms with E-state index in [9.17, 15) is 28.0 Å². The highest BCUT2D eigenvalue weighted by Crippen LogP contribution is 2.34. The number of ether oxygens (including phenoxy) is 2. The van der Waals surface area contributed by atoms with Crippen LogP contribution < -0.4 is 10.3 Å². The largest absolute Gasteiger partial charge is 0.465 e. The minimum absolute atomic E-state index is 0.00513. The Morgan fingerprint density at radius 1 is 0.974 bits per heavy atom. The number of benzene rings is 3. The number of aromatic nitrogens is 1. The summed E-state index contributed by atoms with van der Waals surface area (Å²) in [6, 6.07) is 20.3. The molecule has 39 heavy (non-hydrogen) atoms. The maximum Gasteiger partial charge on any atom is 0.417 e. The molecule has 0 spiro atoms. The quantitative estimate of drug-likeness (QED) is 0.260. The molecule has 4 aromatic rings. The molecular weight excluding hydrogens is 509 g/mol. The van der Waals surface area contributed by atoms with E-state index in [1.54, 1.807) is 18.2 Å². The van der Waals surface area contributed by atoms with Crippen molar-refractivity contribution in [1.29, 1.82) is 5.26 Å². The third-order valence-corrected chi connectivity index (χ3v) is 6.18. The van der Waals surface area contributed by atoms with E-state index in [2.05, 4.69) is 0 Å². The van der Waals surface area contributed by atoms with Gasteiger partial charge in [-0.05, 0) is 79.1 Å². The van der Waals surface area contributed by atoms with Crippen LogP contribution in [0.25, 0.3) is 11.3 Å². The van der Waals surface area contributed by atoms with E-state index in [-0.39, 0.29) is 12.2 Å². The standard InChI is InChI=1S/C30H23F3N2O4/c1-18-7-8-22(19(2)13-18)17-35-27(15-26(30(31,32)33)25(16-34)28(35)36)20-9-11-23(12-10-20)39-24-6-4-5-21(14-24)29(37)38-3/h4-15H,17H2,1-3H3. The maximum absolute atomic E-state index is 13.8. The summed E-state index contributed by atoms with van der Waals surface area (Å²) in [5, 5.41) is 9.44. The highest BCUT2D eigenvalue weighted by atomic mass is 19.4. The fourth-order valence-electron chi connectivity index (χ4n) is 4.20. The predicted molar refractivity (Wildman–Crippen MR) is 139 cm³/mol. The summed E-state index contributed by atoms with van der Waals surface area (Å²) in [6.07, 6.45) is -4.90. The first-order valence-corrected chi connectivity index (χ1v) is 11.8. The van der Waals surface area contributed by atoms with Crippen molar-refractivity contribution in [2.24, 2.45) is 0 Å². The molecule has 0 saturated carbocycles. The number of alkyl halides is 3. The Labute approximate surface area is 222 Å². The van der Waals surface area contributed by atoms with E-state index in [1.165, 1.54) is 48.1 Å². The van der Waals surface area contributed by atoms with E-state index in [0.717, 1.165) is 22.8 Å². The molecule has 9 heteroatoms. The second-order valence-electron chi connectivity index (χ2n) is 8.89. The highest BCUT2D eigenvalue weighted by Gasteiger charge is 2.36. The summed E-state index contributed by atoms with van der Waals surface area (Å²) in [5.41, 5.74) is -0.0539. The number of carbonyl (C=O) groups is 1. The summed E-state index contributed by atoms with van der Waals surface area (Å²) in [4.78, 5) is 25.0. The average molecular weight is 533 g/mol. The Hall–Kier alpha value is -4.84. The van der Waals surface area contributed by atoms with Gasteiger partial charge in [0.1, 0.15) is 23.1 Å². The monoisotopic (exact) mass is 532 g/mol. The Balaban J connectivity index is 1.79. The number of nitriles is 1. The lowest BCUT2D eigenvalue weighted by atomic mass is 10.0. The van der Waals surface area contributed by atoms with Crippen molar-refractivity contribution in [3.63, 3.8) is 0 Å². The van der Waals surface area contributed by atoms with Crippen molar-refractivity contribution in [3.8, 4) is 28.8 Å². The Kier molecular flexibility index (Phi) is 7.58. The van der Waals surface area contributed by atoms with E-state index in [4.69, 9.17) is 9.47 Å². The third-order valence-electron chi connectivity index (χ3n) is 6.18. The first-order chi connectivity index (χ1) is 18.5.